The summed E-state index contributed by atoms with van der Waals surface area (Å²) in [6.45, 7) is 8.02. The van der Waals surface area contributed by atoms with Crippen LogP contribution in [0.4, 0.5) is 0 Å². The molecule has 3 rings (SSSR count). The zero-order valence-electron chi connectivity index (χ0n) is 18.8. The van der Waals surface area contributed by atoms with Crippen LogP contribution in [-0.4, -0.2) is 75.9 Å². The summed E-state index contributed by atoms with van der Waals surface area (Å²) >= 11 is 1.81. The molecule has 1 aliphatic heterocycles. The van der Waals surface area contributed by atoms with Gasteiger partial charge in [0.05, 0.1) is 32.9 Å². The number of halogens is 1. The quantitative estimate of drug-likeness (QED) is 0.288. The summed E-state index contributed by atoms with van der Waals surface area (Å²) in [5.41, 5.74) is 1.26. The van der Waals surface area contributed by atoms with Crippen LogP contribution in [0.25, 0.3) is 0 Å². The molecule has 1 aromatic heterocycles. The number of aliphatic imine (C=N–C) groups is 1. The van der Waals surface area contributed by atoms with Gasteiger partial charge in [-0.3, -0.25) is 9.89 Å². The van der Waals surface area contributed by atoms with Gasteiger partial charge in [0.15, 0.2) is 5.96 Å². The monoisotopic (exact) mass is 558 g/mol. The SMILES string of the molecule is CCNC(=NCC(c1ccc(OC)cc1)N1CCOCC1)N(C)CCc1cccs1.I. The van der Waals surface area contributed by atoms with Crippen molar-refractivity contribution >= 4 is 41.3 Å². The van der Waals surface area contributed by atoms with E-state index in [0.717, 1.165) is 57.5 Å². The van der Waals surface area contributed by atoms with Crippen LogP contribution in [-0.2, 0) is 11.2 Å². The Morgan fingerprint density at radius 1 is 1.26 bits per heavy atom. The van der Waals surface area contributed by atoms with Crippen molar-refractivity contribution in [3.63, 3.8) is 0 Å². The number of benzene rings is 1. The molecule has 6 nitrogen and oxygen atoms in total. The first-order valence-electron chi connectivity index (χ1n) is 10.7. The second-order valence-corrected chi connectivity index (χ2v) is 8.42. The van der Waals surface area contributed by atoms with Gasteiger partial charge >= 0.3 is 0 Å². The minimum absolute atomic E-state index is 0. The summed E-state index contributed by atoms with van der Waals surface area (Å²) < 4.78 is 10.9. The van der Waals surface area contributed by atoms with Gasteiger partial charge < -0.3 is 19.7 Å². The topological polar surface area (TPSA) is 49.3 Å². The molecule has 1 aliphatic rings. The molecule has 2 aromatic rings. The molecule has 172 valence electrons. The first-order chi connectivity index (χ1) is 14.7. The van der Waals surface area contributed by atoms with E-state index >= 15 is 0 Å². The molecule has 1 N–H and O–H groups in total. The third kappa shape index (κ3) is 7.93. The number of thiophene rings is 1. The summed E-state index contributed by atoms with van der Waals surface area (Å²) in [4.78, 5) is 11.1. The number of rotatable bonds is 9. The number of guanidine groups is 1. The average molecular weight is 559 g/mol. The average Bonchev–Trinajstić information content (AvgIpc) is 3.32. The molecule has 0 radical (unpaired) electrons. The van der Waals surface area contributed by atoms with Crippen LogP contribution in [0.1, 0.15) is 23.4 Å². The Labute approximate surface area is 207 Å². The minimum Gasteiger partial charge on any atom is -0.497 e. The fourth-order valence-corrected chi connectivity index (χ4v) is 4.33. The largest absolute Gasteiger partial charge is 0.497 e. The number of likely N-dealkylation sites (N-methyl/N-ethyl adjacent to an activating group) is 1. The molecule has 8 heteroatoms. The van der Waals surface area contributed by atoms with Crippen LogP contribution < -0.4 is 10.1 Å². The summed E-state index contributed by atoms with van der Waals surface area (Å²) in [6.07, 6.45) is 1.03. The van der Waals surface area contributed by atoms with Gasteiger partial charge in [-0.1, -0.05) is 18.2 Å². The molecule has 0 amide bonds. The lowest BCUT2D eigenvalue weighted by molar-refractivity contribution is 0.0179. The molecule has 0 spiro atoms. The Morgan fingerprint density at radius 3 is 2.61 bits per heavy atom. The van der Waals surface area contributed by atoms with Crippen molar-refractivity contribution in [2.45, 2.75) is 19.4 Å². The smallest absolute Gasteiger partial charge is 0.193 e. The van der Waals surface area contributed by atoms with Crippen molar-refractivity contribution < 1.29 is 9.47 Å². The van der Waals surface area contributed by atoms with Crippen LogP contribution in [0.15, 0.2) is 46.8 Å². The third-order valence-electron chi connectivity index (χ3n) is 5.37. The van der Waals surface area contributed by atoms with E-state index in [0.29, 0.717) is 6.54 Å². The molecule has 0 bridgehead atoms. The van der Waals surface area contributed by atoms with Gasteiger partial charge in [0, 0.05) is 38.1 Å². The fraction of sp³-hybridized carbons (Fsp3) is 0.522. The van der Waals surface area contributed by atoms with Gasteiger partial charge in [-0.25, -0.2) is 0 Å². The molecule has 2 heterocycles. The first-order valence-corrected chi connectivity index (χ1v) is 11.6. The summed E-state index contributed by atoms with van der Waals surface area (Å²) in [6, 6.07) is 12.9. The lowest BCUT2D eigenvalue weighted by Crippen LogP contribution is -2.42. The van der Waals surface area contributed by atoms with Crippen molar-refractivity contribution in [2.75, 3.05) is 60.1 Å². The number of methoxy groups -OCH3 is 1. The van der Waals surface area contributed by atoms with Crippen LogP contribution in [0.3, 0.4) is 0 Å². The number of ether oxygens (including phenoxy) is 2. The fourth-order valence-electron chi connectivity index (χ4n) is 3.63. The maximum atomic E-state index is 5.57. The van der Waals surface area contributed by atoms with E-state index in [1.54, 1.807) is 7.11 Å². The lowest BCUT2D eigenvalue weighted by atomic mass is 10.0. The van der Waals surface area contributed by atoms with Gasteiger partial charge in [-0.15, -0.1) is 35.3 Å². The van der Waals surface area contributed by atoms with E-state index in [9.17, 15) is 0 Å². The Bertz CT molecular complexity index is 764. The molecule has 1 aromatic carbocycles. The Hall–Kier alpha value is -1.36. The Morgan fingerprint density at radius 2 is 2.00 bits per heavy atom. The lowest BCUT2D eigenvalue weighted by Gasteiger charge is -2.34. The molecule has 1 saturated heterocycles. The predicted octanol–water partition coefficient (Wildman–Crippen LogP) is 3.89. The van der Waals surface area contributed by atoms with E-state index in [2.05, 4.69) is 58.7 Å². The van der Waals surface area contributed by atoms with Gasteiger partial charge in [-0.05, 0) is 42.5 Å². The van der Waals surface area contributed by atoms with Crippen LogP contribution in [0.2, 0.25) is 0 Å². The minimum atomic E-state index is 0. The highest BCUT2D eigenvalue weighted by molar-refractivity contribution is 14.0. The van der Waals surface area contributed by atoms with E-state index in [1.807, 2.05) is 23.5 Å². The standard InChI is InChI=1S/C23H34N4O2S.HI/c1-4-24-23(26(2)12-11-21-6-5-17-30-21)25-18-22(27-13-15-29-16-14-27)19-7-9-20(28-3)10-8-19;/h5-10,17,22H,4,11-16,18H2,1-3H3,(H,24,25);1H. The van der Waals surface area contributed by atoms with Gasteiger partial charge in [0.1, 0.15) is 5.75 Å². The van der Waals surface area contributed by atoms with Crippen molar-refractivity contribution in [3.05, 3.63) is 52.2 Å². The number of morpholine rings is 1. The van der Waals surface area contributed by atoms with E-state index in [-0.39, 0.29) is 30.0 Å². The summed E-state index contributed by atoms with van der Waals surface area (Å²) in [5, 5.41) is 5.59. The molecular weight excluding hydrogens is 523 g/mol. The number of nitrogens with one attached hydrogen (secondary N) is 1. The van der Waals surface area contributed by atoms with Crippen LogP contribution in [0, 0.1) is 0 Å². The number of hydrogen-bond donors (Lipinski definition) is 1. The third-order valence-corrected chi connectivity index (χ3v) is 6.31. The zero-order chi connectivity index (χ0) is 21.2. The van der Waals surface area contributed by atoms with Crippen molar-refractivity contribution in [1.29, 1.82) is 0 Å². The number of hydrogen-bond acceptors (Lipinski definition) is 5. The van der Waals surface area contributed by atoms with Crippen molar-refractivity contribution in [1.82, 2.24) is 15.1 Å². The molecule has 1 fully saturated rings. The Balaban J connectivity index is 0.00000341. The highest BCUT2D eigenvalue weighted by Gasteiger charge is 2.23. The Kier molecular flexibility index (Phi) is 11.6. The van der Waals surface area contributed by atoms with Gasteiger partial charge in [-0.2, -0.15) is 0 Å². The molecular formula is C23H35IN4O2S. The highest BCUT2D eigenvalue weighted by Crippen LogP contribution is 2.24. The normalized spacial score (nSPS) is 15.8. The maximum Gasteiger partial charge on any atom is 0.193 e. The van der Waals surface area contributed by atoms with E-state index in [4.69, 9.17) is 14.5 Å². The predicted molar refractivity (Wildman–Crippen MR) is 140 cm³/mol. The highest BCUT2D eigenvalue weighted by atomic mass is 127. The molecule has 1 unspecified atom stereocenters. The second kappa shape index (κ2) is 13.9. The number of nitrogens with zero attached hydrogens (tertiary/aromatic N) is 3. The molecule has 0 aliphatic carbocycles. The van der Waals surface area contributed by atoms with Gasteiger partial charge in [0.25, 0.3) is 0 Å². The molecule has 0 saturated carbocycles. The second-order valence-electron chi connectivity index (χ2n) is 7.38. The van der Waals surface area contributed by atoms with Crippen LogP contribution in [0.5, 0.6) is 5.75 Å². The maximum absolute atomic E-state index is 5.57. The molecule has 31 heavy (non-hydrogen) atoms. The van der Waals surface area contributed by atoms with Crippen molar-refractivity contribution in [3.8, 4) is 5.75 Å². The van der Waals surface area contributed by atoms with E-state index < -0.39 is 0 Å². The van der Waals surface area contributed by atoms with Gasteiger partial charge in [0.2, 0.25) is 0 Å². The summed E-state index contributed by atoms with van der Waals surface area (Å²) in [5.74, 6) is 1.84. The van der Waals surface area contributed by atoms with E-state index in [1.165, 1.54) is 10.4 Å². The molecule has 1 atom stereocenters. The van der Waals surface area contributed by atoms with Crippen molar-refractivity contribution in [2.24, 2.45) is 4.99 Å². The first kappa shape index (κ1) is 25.9. The summed E-state index contributed by atoms with van der Waals surface area (Å²) in [7, 11) is 3.82. The van der Waals surface area contributed by atoms with Crippen LogP contribution >= 0.6 is 35.3 Å². The zero-order valence-corrected chi connectivity index (χ0v) is 21.9.